The van der Waals surface area contributed by atoms with Crippen LogP contribution in [-0.2, 0) is 29.0 Å². The van der Waals surface area contributed by atoms with Crippen molar-refractivity contribution in [3.05, 3.63) is 88.1 Å². The molecular weight excluding hydrogens is 888 g/mol. The van der Waals surface area contributed by atoms with Gasteiger partial charge in [-0.15, -0.1) is 0 Å². The summed E-state index contributed by atoms with van der Waals surface area (Å²) < 4.78 is 38.2. The molecule has 1 aromatic heterocycles. The van der Waals surface area contributed by atoms with Crippen LogP contribution in [0.3, 0.4) is 0 Å². The maximum atomic E-state index is 13.3. The van der Waals surface area contributed by atoms with Gasteiger partial charge in [-0.2, -0.15) is 4.98 Å². The number of carbonyl (C=O) groups excluding carboxylic acids is 5. The number of sulfone groups is 1. The minimum Gasteiger partial charge on any atom is -0.489 e. The van der Waals surface area contributed by atoms with Crippen molar-refractivity contribution in [3.8, 4) is 5.75 Å². The standard InChI is InChI=1S/C47H55ClN8O9S/c1-27(2)65-38-24-32(29(5)23-36(38)52-47-49-25-33(48)43(54-47)51-34-12-6-7-14-39(34)66(62,63)28(3)4)30-17-20-55(21-18-30)19-8-9-22-64-26-41(58)50-35-13-10-11-31-42(35)46(61)56(45(31)60)37-15-16-40(57)53-44(37)59/h6-7,10-14,23-25,27-28,30,37H,8-9,15-22,26H2,1-5H3,(H,50,58)(H,53,57,59)(H2,49,51,52,54). The topological polar surface area (TPSA) is 218 Å². The molecule has 3 aromatic carbocycles. The van der Waals surface area contributed by atoms with Crippen LogP contribution >= 0.6 is 11.6 Å². The van der Waals surface area contributed by atoms with Gasteiger partial charge in [-0.3, -0.25) is 34.2 Å². The summed E-state index contributed by atoms with van der Waals surface area (Å²) in [5.74, 6) is -1.50. The lowest BCUT2D eigenvalue weighted by Crippen LogP contribution is -2.54. The number of rotatable bonds is 18. The van der Waals surface area contributed by atoms with Crippen LogP contribution in [0.5, 0.6) is 5.75 Å². The van der Waals surface area contributed by atoms with Gasteiger partial charge in [0.05, 0.1) is 50.6 Å². The number of para-hydroxylation sites is 1. The van der Waals surface area contributed by atoms with E-state index in [9.17, 15) is 32.4 Å². The highest BCUT2D eigenvalue weighted by molar-refractivity contribution is 7.92. The number of fused-ring (bicyclic) bond motifs is 1. The first-order chi connectivity index (χ1) is 31.5. The van der Waals surface area contributed by atoms with E-state index < -0.39 is 50.7 Å². The van der Waals surface area contributed by atoms with Crippen LogP contribution in [0.2, 0.25) is 5.02 Å². The number of amides is 5. The number of hydrogen-bond acceptors (Lipinski definition) is 14. The molecule has 17 nitrogen and oxygen atoms in total. The molecule has 2 fully saturated rings. The van der Waals surface area contributed by atoms with Gasteiger partial charge in [0.2, 0.25) is 23.7 Å². The number of likely N-dealkylation sites (tertiary alicyclic amines) is 1. The largest absolute Gasteiger partial charge is 0.489 e. The van der Waals surface area contributed by atoms with Crippen LogP contribution < -0.4 is 26.0 Å². The Morgan fingerprint density at radius 1 is 0.924 bits per heavy atom. The SMILES string of the molecule is Cc1cc(Nc2ncc(Cl)c(Nc3ccccc3S(=O)(=O)C(C)C)n2)c(OC(C)C)cc1C1CCN(CCCCOCC(=O)Nc2cccc3c2C(=O)N(C2CCC(=O)NC2=O)C3=O)CC1. The highest BCUT2D eigenvalue weighted by Gasteiger charge is 2.45. The highest BCUT2D eigenvalue weighted by Crippen LogP contribution is 2.39. The zero-order valence-corrected chi connectivity index (χ0v) is 39.2. The average molecular weight is 944 g/mol. The normalized spacial score (nSPS) is 17.0. The number of aryl methyl sites for hydroxylation is 1. The van der Waals surface area contributed by atoms with E-state index in [0.717, 1.165) is 55.8 Å². The molecule has 0 spiro atoms. The number of unbranched alkanes of at least 4 members (excludes halogenated alkanes) is 1. The molecule has 4 heterocycles. The number of ether oxygens (including phenoxy) is 2. The Balaban J connectivity index is 0.882. The lowest BCUT2D eigenvalue weighted by atomic mass is 9.86. The molecule has 19 heteroatoms. The molecule has 3 aliphatic rings. The molecule has 350 valence electrons. The third-order valence-electron chi connectivity index (χ3n) is 11.8. The fourth-order valence-electron chi connectivity index (χ4n) is 8.41. The lowest BCUT2D eigenvalue weighted by Gasteiger charge is -2.33. The van der Waals surface area contributed by atoms with Crippen molar-refractivity contribution in [2.45, 2.75) is 101 Å². The minimum absolute atomic E-state index is 0.00831. The first-order valence-electron chi connectivity index (χ1n) is 22.2. The molecular formula is C47H55ClN8O9S. The third kappa shape index (κ3) is 10.8. The first kappa shape index (κ1) is 48.0. The van der Waals surface area contributed by atoms with Crippen LogP contribution in [0.25, 0.3) is 0 Å². The van der Waals surface area contributed by atoms with E-state index in [1.807, 2.05) is 19.9 Å². The van der Waals surface area contributed by atoms with Crippen molar-refractivity contribution in [2.75, 3.05) is 48.8 Å². The van der Waals surface area contributed by atoms with Crippen molar-refractivity contribution in [2.24, 2.45) is 0 Å². The Morgan fingerprint density at radius 3 is 2.39 bits per heavy atom. The quantitative estimate of drug-likeness (QED) is 0.0589. The average Bonchev–Trinajstić information content (AvgIpc) is 3.53. The van der Waals surface area contributed by atoms with Gasteiger partial charge in [0.15, 0.2) is 15.7 Å². The van der Waals surface area contributed by atoms with Crippen LogP contribution in [-0.4, -0.2) is 108 Å². The summed E-state index contributed by atoms with van der Waals surface area (Å²) >= 11 is 6.51. The van der Waals surface area contributed by atoms with Crippen molar-refractivity contribution in [1.82, 2.24) is 25.1 Å². The number of nitrogens with zero attached hydrogens (tertiary/aromatic N) is 4. The second-order valence-corrected chi connectivity index (χ2v) is 20.1. The summed E-state index contributed by atoms with van der Waals surface area (Å²) in [6.45, 7) is 12.1. The molecule has 4 N–H and O–H groups in total. The molecule has 2 saturated heterocycles. The van der Waals surface area contributed by atoms with Crippen LogP contribution in [0.15, 0.2) is 65.7 Å². The second kappa shape index (κ2) is 20.7. The molecule has 0 aliphatic carbocycles. The van der Waals surface area contributed by atoms with E-state index in [1.165, 1.54) is 23.9 Å². The van der Waals surface area contributed by atoms with Gasteiger partial charge in [0, 0.05) is 13.0 Å². The predicted octanol–water partition coefficient (Wildman–Crippen LogP) is 6.91. The monoisotopic (exact) mass is 942 g/mol. The Labute approximate surface area is 389 Å². The molecule has 7 rings (SSSR count). The fraction of sp³-hybridized carbons (Fsp3) is 0.426. The van der Waals surface area contributed by atoms with E-state index in [1.54, 1.807) is 44.2 Å². The zero-order chi connectivity index (χ0) is 47.3. The Kier molecular flexibility index (Phi) is 15.1. The number of aromatic nitrogens is 2. The van der Waals surface area contributed by atoms with Crippen molar-refractivity contribution in [3.63, 3.8) is 0 Å². The lowest BCUT2D eigenvalue weighted by molar-refractivity contribution is -0.136. The third-order valence-corrected chi connectivity index (χ3v) is 14.3. The minimum atomic E-state index is -3.59. The Hall–Kier alpha value is -5.95. The smallest absolute Gasteiger partial charge is 0.264 e. The maximum absolute atomic E-state index is 13.3. The Morgan fingerprint density at radius 2 is 1.67 bits per heavy atom. The fourth-order valence-corrected chi connectivity index (χ4v) is 9.75. The van der Waals surface area contributed by atoms with Crippen molar-refractivity contribution in [1.29, 1.82) is 0 Å². The van der Waals surface area contributed by atoms with Crippen molar-refractivity contribution >= 4 is 79.8 Å². The van der Waals surface area contributed by atoms with Crippen LogP contribution in [0.1, 0.15) is 104 Å². The summed E-state index contributed by atoms with van der Waals surface area (Å²) in [5.41, 5.74) is 3.60. The van der Waals surface area contributed by atoms with Crippen molar-refractivity contribution < 1.29 is 41.9 Å². The molecule has 5 amide bonds. The van der Waals surface area contributed by atoms with Gasteiger partial charge in [-0.25, -0.2) is 13.4 Å². The number of halogens is 1. The maximum Gasteiger partial charge on any atom is 0.264 e. The number of benzene rings is 3. The first-order valence-corrected chi connectivity index (χ1v) is 24.1. The van der Waals surface area contributed by atoms with Crippen LogP contribution in [0, 0.1) is 6.92 Å². The van der Waals surface area contributed by atoms with E-state index in [0.29, 0.717) is 29.6 Å². The number of hydrogen-bond donors (Lipinski definition) is 4. The number of anilines is 5. The van der Waals surface area contributed by atoms with E-state index >= 15 is 0 Å². The molecule has 3 aliphatic heterocycles. The summed E-state index contributed by atoms with van der Waals surface area (Å²) in [6, 6.07) is 14.2. The number of nitrogens with one attached hydrogen (secondary N) is 4. The van der Waals surface area contributed by atoms with E-state index in [2.05, 4.69) is 49.1 Å². The molecule has 1 atom stereocenters. The molecule has 66 heavy (non-hydrogen) atoms. The summed E-state index contributed by atoms with van der Waals surface area (Å²) in [7, 11) is -3.59. The zero-order valence-electron chi connectivity index (χ0n) is 37.6. The van der Waals surface area contributed by atoms with Crippen LogP contribution in [0.4, 0.5) is 28.8 Å². The highest BCUT2D eigenvalue weighted by atomic mass is 35.5. The molecule has 0 radical (unpaired) electrons. The number of piperidine rings is 2. The molecule has 0 bridgehead atoms. The second-order valence-electron chi connectivity index (χ2n) is 17.2. The van der Waals surface area contributed by atoms with Gasteiger partial charge in [-0.05, 0) is 140 Å². The number of imide groups is 2. The molecule has 4 aromatic rings. The van der Waals surface area contributed by atoms with Gasteiger partial charge in [0.1, 0.15) is 23.4 Å². The van der Waals surface area contributed by atoms with Gasteiger partial charge in [0.25, 0.3) is 11.8 Å². The summed E-state index contributed by atoms with van der Waals surface area (Å²) in [4.78, 5) is 75.8. The number of carbonyl (C=O) groups is 5. The predicted molar refractivity (Wildman–Crippen MR) is 250 cm³/mol. The molecule has 1 unspecified atom stereocenters. The van der Waals surface area contributed by atoms with Gasteiger partial charge in [-0.1, -0.05) is 29.8 Å². The van der Waals surface area contributed by atoms with Gasteiger partial charge >= 0.3 is 0 Å². The summed E-state index contributed by atoms with van der Waals surface area (Å²) in [6.07, 6.45) is 4.96. The van der Waals surface area contributed by atoms with E-state index in [-0.39, 0.29) is 64.1 Å². The Bertz CT molecular complexity index is 2640. The van der Waals surface area contributed by atoms with Gasteiger partial charge < -0.3 is 30.3 Å². The van der Waals surface area contributed by atoms with E-state index in [4.69, 9.17) is 21.1 Å². The molecule has 0 saturated carbocycles. The summed E-state index contributed by atoms with van der Waals surface area (Å²) in [5, 5.41) is 10.9.